The first-order valence-electron chi connectivity index (χ1n) is 31.3. The summed E-state index contributed by atoms with van der Waals surface area (Å²) in [5, 5.41) is 10.5. The normalized spacial score (nSPS) is 14.3. The standard InChI is InChI=1S/C59H114O17P2/c1-5-9-13-17-21-23-25-26-27-28-30-34-38-42-46-59(64)76-55(50-70-57(62)44-40-36-33-29-24-22-18-14-10-6-2)52-74-78(67,68)72-48-53(60)47-71-77(65,66)73-51-54(75-58(63)45-41-37-32-20-16-12-8-4)49-69-56(61)43-39-35-31-19-15-11-7-3/h53-55,60H,5-52H2,1-4H3,(H,65,66)(H,67,68)/t53-,54+,55+/m0/s1. The zero-order chi connectivity index (χ0) is 57.6. The molecule has 0 rings (SSSR count). The molecule has 0 aliphatic carbocycles. The lowest BCUT2D eigenvalue weighted by molar-refractivity contribution is -0.161. The zero-order valence-electron chi connectivity index (χ0n) is 49.6. The number of phosphoric ester groups is 2. The van der Waals surface area contributed by atoms with Gasteiger partial charge in [0.25, 0.3) is 0 Å². The molecule has 0 aromatic rings. The lowest BCUT2D eigenvalue weighted by Crippen LogP contribution is -2.30. The molecule has 0 saturated heterocycles. The second-order valence-electron chi connectivity index (χ2n) is 21.4. The molecule has 462 valence electrons. The number of unbranched alkanes of at least 4 members (excludes halogenated alkanes) is 34. The van der Waals surface area contributed by atoms with Crippen molar-refractivity contribution in [3.05, 3.63) is 0 Å². The summed E-state index contributed by atoms with van der Waals surface area (Å²) in [4.78, 5) is 71.7. The molecule has 0 aromatic heterocycles. The largest absolute Gasteiger partial charge is 0.472 e. The van der Waals surface area contributed by atoms with E-state index < -0.39 is 97.5 Å². The minimum Gasteiger partial charge on any atom is -0.462 e. The molecule has 0 spiro atoms. The van der Waals surface area contributed by atoms with Crippen molar-refractivity contribution < 1.29 is 80.2 Å². The third-order valence-corrected chi connectivity index (χ3v) is 15.5. The number of carbonyl (C=O) groups excluding carboxylic acids is 4. The van der Waals surface area contributed by atoms with Crippen molar-refractivity contribution >= 4 is 39.5 Å². The van der Waals surface area contributed by atoms with Crippen molar-refractivity contribution in [2.45, 2.75) is 316 Å². The van der Waals surface area contributed by atoms with Crippen LogP contribution in [0.5, 0.6) is 0 Å². The highest BCUT2D eigenvalue weighted by Gasteiger charge is 2.30. The van der Waals surface area contributed by atoms with E-state index in [1.54, 1.807) is 0 Å². The summed E-state index contributed by atoms with van der Waals surface area (Å²) < 4.78 is 67.6. The number of ether oxygens (including phenoxy) is 4. The average molecular weight is 1160 g/mol. The van der Waals surface area contributed by atoms with Crippen molar-refractivity contribution in [1.29, 1.82) is 0 Å². The van der Waals surface area contributed by atoms with E-state index in [0.29, 0.717) is 25.7 Å². The van der Waals surface area contributed by atoms with E-state index in [1.807, 2.05) is 0 Å². The first-order chi connectivity index (χ1) is 37.7. The highest BCUT2D eigenvalue weighted by molar-refractivity contribution is 7.47. The third kappa shape index (κ3) is 53.4. The molecule has 0 heterocycles. The molecule has 0 aliphatic heterocycles. The van der Waals surface area contributed by atoms with Crippen LogP contribution in [0.15, 0.2) is 0 Å². The maximum atomic E-state index is 12.9. The Morgan fingerprint density at radius 1 is 0.308 bits per heavy atom. The molecule has 78 heavy (non-hydrogen) atoms. The minimum absolute atomic E-state index is 0.104. The van der Waals surface area contributed by atoms with Crippen molar-refractivity contribution in [1.82, 2.24) is 0 Å². The SMILES string of the molecule is CCCCCCCCCCCCCCCCC(=O)O[C@H](COC(=O)CCCCCCCCCCCC)COP(=O)(O)OC[C@@H](O)COP(=O)(O)OC[C@@H](COC(=O)CCCCCCCCC)OC(=O)CCCCCCCCC. The van der Waals surface area contributed by atoms with Crippen LogP contribution in [0, 0.1) is 0 Å². The fourth-order valence-corrected chi connectivity index (χ4v) is 10.3. The molecule has 0 fully saturated rings. The molecular weight excluding hydrogens is 1040 g/mol. The first-order valence-corrected chi connectivity index (χ1v) is 34.3. The number of hydrogen-bond acceptors (Lipinski definition) is 15. The summed E-state index contributed by atoms with van der Waals surface area (Å²) in [7, 11) is -9.86. The van der Waals surface area contributed by atoms with Gasteiger partial charge in [0, 0.05) is 25.7 Å². The van der Waals surface area contributed by atoms with Gasteiger partial charge in [-0.05, 0) is 25.7 Å². The Morgan fingerprint density at radius 2 is 0.513 bits per heavy atom. The van der Waals surface area contributed by atoms with E-state index >= 15 is 0 Å². The Labute approximate surface area is 473 Å². The van der Waals surface area contributed by atoms with Gasteiger partial charge in [-0.1, -0.05) is 246 Å². The molecule has 5 atom stereocenters. The Kier molecular flexibility index (Phi) is 53.0. The molecule has 0 aliphatic rings. The van der Waals surface area contributed by atoms with Crippen LogP contribution in [0.3, 0.4) is 0 Å². The summed E-state index contributed by atoms with van der Waals surface area (Å²) in [6.45, 7) is 4.77. The van der Waals surface area contributed by atoms with Crippen molar-refractivity contribution in [2.24, 2.45) is 0 Å². The third-order valence-electron chi connectivity index (χ3n) is 13.6. The summed E-state index contributed by atoms with van der Waals surface area (Å²) in [6, 6.07) is 0. The molecule has 0 amide bonds. The maximum absolute atomic E-state index is 12.9. The molecule has 0 saturated carbocycles. The van der Waals surface area contributed by atoms with Crippen molar-refractivity contribution in [3.8, 4) is 0 Å². The predicted molar refractivity (Wildman–Crippen MR) is 308 cm³/mol. The van der Waals surface area contributed by atoms with Gasteiger partial charge in [0.15, 0.2) is 12.2 Å². The quantitative estimate of drug-likeness (QED) is 0.0222. The van der Waals surface area contributed by atoms with Crippen LogP contribution in [-0.2, 0) is 65.4 Å². The second-order valence-corrected chi connectivity index (χ2v) is 24.3. The van der Waals surface area contributed by atoms with Gasteiger partial charge in [-0.2, -0.15) is 0 Å². The van der Waals surface area contributed by atoms with Crippen LogP contribution in [0.2, 0.25) is 0 Å². The van der Waals surface area contributed by atoms with Crippen LogP contribution in [-0.4, -0.2) is 96.7 Å². The van der Waals surface area contributed by atoms with Gasteiger partial charge in [0.1, 0.15) is 19.3 Å². The Bertz CT molecular complexity index is 1520. The summed E-state index contributed by atoms with van der Waals surface area (Å²) >= 11 is 0. The van der Waals surface area contributed by atoms with Crippen molar-refractivity contribution in [3.63, 3.8) is 0 Å². The van der Waals surface area contributed by atoms with Gasteiger partial charge in [-0.25, -0.2) is 9.13 Å². The van der Waals surface area contributed by atoms with Gasteiger partial charge < -0.3 is 33.8 Å². The summed E-state index contributed by atoms with van der Waals surface area (Å²) in [5.74, 6) is -2.15. The summed E-state index contributed by atoms with van der Waals surface area (Å²) in [5.41, 5.74) is 0. The number of phosphoric acid groups is 2. The van der Waals surface area contributed by atoms with E-state index in [-0.39, 0.29) is 25.7 Å². The molecule has 0 radical (unpaired) electrons. The predicted octanol–water partition coefficient (Wildman–Crippen LogP) is 16.0. The van der Waals surface area contributed by atoms with Crippen LogP contribution in [0.1, 0.15) is 297 Å². The maximum Gasteiger partial charge on any atom is 0.472 e. The number of aliphatic hydroxyl groups is 1. The molecule has 3 N–H and O–H groups in total. The number of esters is 4. The highest BCUT2D eigenvalue weighted by Crippen LogP contribution is 2.45. The smallest absolute Gasteiger partial charge is 0.462 e. The minimum atomic E-state index is -4.94. The zero-order valence-corrected chi connectivity index (χ0v) is 51.4. The van der Waals surface area contributed by atoms with E-state index in [0.717, 1.165) is 116 Å². The van der Waals surface area contributed by atoms with Crippen LogP contribution in [0.25, 0.3) is 0 Å². The summed E-state index contributed by atoms with van der Waals surface area (Å²) in [6.07, 6.45) is 37.7. The number of aliphatic hydroxyl groups excluding tert-OH is 1. The second kappa shape index (κ2) is 54.3. The van der Waals surface area contributed by atoms with Crippen LogP contribution >= 0.6 is 15.6 Å². The molecule has 19 heteroatoms. The molecule has 0 aromatic carbocycles. The fourth-order valence-electron chi connectivity index (χ4n) is 8.75. The molecule has 0 bridgehead atoms. The Morgan fingerprint density at radius 3 is 0.756 bits per heavy atom. The van der Waals surface area contributed by atoms with Crippen LogP contribution in [0.4, 0.5) is 0 Å². The molecule has 2 unspecified atom stereocenters. The molecule has 17 nitrogen and oxygen atoms in total. The van der Waals surface area contributed by atoms with Gasteiger partial charge in [-0.15, -0.1) is 0 Å². The fraction of sp³-hybridized carbons (Fsp3) is 0.932. The van der Waals surface area contributed by atoms with E-state index in [9.17, 15) is 43.2 Å². The van der Waals surface area contributed by atoms with E-state index in [1.165, 1.54) is 103 Å². The topological polar surface area (TPSA) is 237 Å². The monoisotopic (exact) mass is 1160 g/mol. The van der Waals surface area contributed by atoms with Gasteiger partial charge in [0.05, 0.1) is 26.4 Å². The lowest BCUT2D eigenvalue weighted by atomic mass is 10.0. The van der Waals surface area contributed by atoms with Gasteiger partial charge in [-0.3, -0.25) is 37.3 Å². The molecular formula is C59H114O17P2. The van der Waals surface area contributed by atoms with Crippen LogP contribution < -0.4 is 0 Å². The van der Waals surface area contributed by atoms with Crippen molar-refractivity contribution in [2.75, 3.05) is 39.6 Å². The van der Waals surface area contributed by atoms with Gasteiger partial charge in [0.2, 0.25) is 0 Å². The highest BCUT2D eigenvalue weighted by atomic mass is 31.2. The Balaban J connectivity index is 5.18. The van der Waals surface area contributed by atoms with E-state index in [4.69, 9.17) is 37.0 Å². The Hall–Kier alpha value is -1.94. The lowest BCUT2D eigenvalue weighted by Gasteiger charge is -2.21. The number of rotatable bonds is 60. The van der Waals surface area contributed by atoms with Gasteiger partial charge >= 0.3 is 39.5 Å². The first kappa shape index (κ1) is 76.1. The van der Waals surface area contributed by atoms with E-state index in [2.05, 4.69) is 27.7 Å². The average Bonchev–Trinajstić information content (AvgIpc) is 3.41. The number of carbonyl (C=O) groups is 4. The number of hydrogen-bond donors (Lipinski definition) is 3.